The highest BCUT2D eigenvalue weighted by atomic mass is 35.6. The lowest BCUT2D eigenvalue weighted by molar-refractivity contribution is 0.0845. The Balaban J connectivity index is 1.66. The van der Waals surface area contributed by atoms with Gasteiger partial charge in [-0.3, -0.25) is 9.69 Å². The molecule has 1 aromatic heterocycles. The summed E-state index contributed by atoms with van der Waals surface area (Å²) in [5, 5.41) is 4.71. The van der Waals surface area contributed by atoms with Crippen molar-refractivity contribution in [2.24, 2.45) is 0 Å². The number of hydrogen-bond acceptors (Lipinski definition) is 4. The summed E-state index contributed by atoms with van der Waals surface area (Å²) < 4.78 is -1.61. The smallest absolute Gasteiger partial charge is 0.262 e. The molecule has 1 aromatic carbocycles. The lowest BCUT2D eigenvalue weighted by Gasteiger charge is -2.42. The van der Waals surface area contributed by atoms with Crippen LogP contribution in [0.2, 0.25) is 0 Å². The number of carbonyl (C=O) groups is 1. The highest BCUT2D eigenvalue weighted by molar-refractivity contribution is 7.12. The number of anilines is 1. The van der Waals surface area contributed by atoms with Crippen LogP contribution >= 0.6 is 46.1 Å². The first-order valence-corrected chi connectivity index (χ1v) is 9.91. The predicted octanol–water partition coefficient (Wildman–Crippen LogP) is 4.00. The molecule has 2 aromatic rings. The monoisotopic (exact) mass is 417 g/mol. The minimum absolute atomic E-state index is 0.225. The maximum atomic E-state index is 12.4. The Bertz CT molecular complexity index is 683. The standard InChI is InChI=1S/C17H18Cl3N3OS/c18-17(19,20)16(21-15(24)14-7-4-12-25-14)23-10-8-22(9-11-23)13-5-2-1-3-6-13/h1-7,12,16H,8-11H2,(H,21,24). The molecule has 1 amide bonds. The second-order valence-electron chi connectivity index (χ2n) is 5.75. The first-order valence-electron chi connectivity index (χ1n) is 7.90. The second-order valence-corrected chi connectivity index (χ2v) is 9.07. The molecule has 0 bridgehead atoms. The number of amides is 1. The molecule has 4 nitrogen and oxygen atoms in total. The van der Waals surface area contributed by atoms with Crippen LogP contribution in [0.4, 0.5) is 5.69 Å². The summed E-state index contributed by atoms with van der Waals surface area (Å²) in [6.45, 7) is 2.99. The lowest BCUT2D eigenvalue weighted by atomic mass is 10.2. The van der Waals surface area contributed by atoms with Crippen LogP contribution < -0.4 is 10.2 Å². The third-order valence-corrected chi connectivity index (χ3v) is 5.61. The van der Waals surface area contributed by atoms with Crippen molar-refractivity contribution in [2.75, 3.05) is 31.1 Å². The van der Waals surface area contributed by atoms with Gasteiger partial charge >= 0.3 is 0 Å². The lowest BCUT2D eigenvalue weighted by Crippen LogP contribution is -2.60. The fourth-order valence-electron chi connectivity index (χ4n) is 2.86. The number of carbonyl (C=O) groups excluding carboxylic acids is 1. The Labute approximate surface area is 166 Å². The number of benzene rings is 1. The Morgan fingerprint density at radius 1 is 1.04 bits per heavy atom. The summed E-state index contributed by atoms with van der Waals surface area (Å²) >= 11 is 19.8. The van der Waals surface area contributed by atoms with Crippen molar-refractivity contribution in [2.45, 2.75) is 9.96 Å². The van der Waals surface area contributed by atoms with Crippen molar-refractivity contribution in [3.05, 3.63) is 52.7 Å². The normalized spacial score (nSPS) is 17.3. The molecular weight excluding hydrogens is 401 g/mol. The van der Waals surface area contributed by atoms with Crippen molar-refractivity contribution < 1.29 is 4.79 Å². The number of nitrogens with one attached hydrogen (secondary N) is 1. The molecule has 0 radical (unpaired) electrons. The number of rotatable bonds is 4. The van der Waals surface area contributed by atoms with Crippen molar-refractivity contribution >= 4 is 57.7 Å². The summed E-state index contributed by atoms with van der Waals surface area (Å²) in [6.07, 6.45) is -0.676. The SMILES string of the molecule is O=C(NC(N1CCN(c2ccccc2)CC1)C(Cl)(Cl)Cl)c1cccs1. The molecule has 134 valence electrons. The van der Waals surface area contributed by atoms with Crippen molar-refractivity contribution in [3.63, 3.8) is 0 Å². The zero-order chi connectivity index (χ0) is 17.9. The molecule has 1 fully saturated rings. The number of thiophene rings is 1. The maximum absolute atomic E-state index is 12.4. The Kier molecular flexibility index (Phi) is 6.12. The summed E-state index contributed by atoms with van der Waals surface area (Å²) in [6, 6.07) is 13.8. The maximum Gasteiger partial charge on any atom is 0.262 e. The molecule has 1 aliphatic rings. The van der Waals surface area contributed by atoms with Crippen LogP contribution in [0.25, 0.3) is 0 Å². The van der Waals surface area contributed by atoms with E-state index in [1.165, 1.54) is 17.0 Å². The molecule has 1 unspecified atom stereocenters. The van der Waals surface area contributed by atoms with E-state index in [1.807, 2.05) is 34.5 Å². The van der Waals surface area contributed by atoms with E-state index in [-0.39, 0.29) is 5.91 Å². The summed E-state index contributed by atoms with van der Waals surface area (Å²) in [5.74, 6) is -0.225. The molecule has 8 heteroatoms. The van der Waals surface area contributed by atoms with Gasteiger partial charge in [-0.25, -0.2) is 0 Å². The van der Waals surface area contributed by atoms with Gasteiger partial charge in [-0.1, -0.05) is 59.1 Å². The van der Waals surface area contributed by atoms with E-state index in [0.717, 1.165) is 13.1 Å². The number of halogens is 3. The highest BCUT2D eigenvalue weighted by Crippen LogP contribution is 2.33. The Morgan fingerprint density at radius 2 is 1.72 bits per heavy atom. The number of nitrogens with zero attached hydrogens (tertiary/aromatic N) is 2. The molecule has 0 spiro atoms. The van der Waals surface area contributed by atoms with Crippen LogP contribution in [0, 0.1) is 0 Å². The molecule has 25 heavy (non-hydrogen) atoms. The molecule has 1 N–H and O–H groups in total. The van der Waals surface area contributed by atoms with Gasteiger partial charge < -0.3 is 10.2 Å². The summed E-state index contributed by atoms with van der Waals surface area (Å²) in [4.78, 5) is 17.3. The van der Waals surface area contributed by atoms with Crippen LogP contribution in [0.15, 0.2) is 47.8 Å². The fourth-order valence-corrected chi connectivity index (χ4v) is 4.06. The van der Waals surface area contributed by atoms with Gasteiger partial charge in [0.05, 0.1) is 4.88 Å². The summed E-state index contributed by atoms with van der Waals surface area (Å²) in [7, 11) is 0. The largest absolute Gasteiger partial charge is 0.369 e. The van der Waals surface area contributed by atoms with E-state index in [2.05, 4.69) is 22.3 Å². The molecule has 3 rings (SSSR count). The Hall–Kier alpha value is -0.980. The van der Waals surface area contributed by atoms with Crippen molar-refractivity contribution in [1.82, 2.24) is 10.2 Å². The zero-order valence-electron chi connectivity index (χ0n) is 13.4. The van der Waals surface area contributed by atoms with Gasteiger partial charge in [-0.05, 0) is 23.6 Å². The van der Waals surface area contributed by atoms with Crippen LogP contribution in [-0.2, 0) is 0 Å². The third kappa shape index (κ3) is 4.80. The van der Waals surface area contributed by atoms with E-state index < -0.39 is 9.96 Å². The molecule has 1 atom stereocenters. The van der Waals surface area contributed by atoms with Gasteiger partial charge in [0.15, 0.2) is 0 Å². The minimum atomic E-state index is -1.61. The molecule has 1 aliphatic heterocycles. The van der Waals surface area contributed by atoms with Gasteiger partial charge in [0.1, 0.15) is 6.17 Å². The van der Waals surface area contributed by atoms with Crippen LogP contribution in [0.3, 0.4) is 0 Å². The van der Waals surface area contributed by atoms with E-state index in [0.29, 0.717) is 18.0 Å². The number of alkyl halides is 3. The molecule has 1 saturated heterocycles. The minimum Gasteiger partial charge on any atom is -0.369 e. The topological polar surface area (TPSA) is 35.6 Å². The van der Waals surface area contributed by atoms with Crippen LogP contribution in [0.1, 0.15) is 9.67 Å². The van der Waals surface area contributed by atoms with E-state index >= 15 is 0 Å². The average molecular weight is 419 g/mol. The average Bonchev–Trinajstić information content (AvgIpc) is 3.14. The molecular formula is C17H18Cl3N3OS. The summed E-state index contributed by atoms with van der Waals surface area (Å²) in [5.41, 5.74) is 1.18. The highest BCUT2D eigenvalue weighted by Gasteiger charge is 2.39. The predicted molar refractivity (Wildman–Crippen MR) is 106 cm³/mol. The van der Waals surface area contributed by atoms with E-state index in [1.54, 1.807) is 6.07 Å². The first kappa shape index (κ1) is 18.8. The number of hydrogen-bond donors (Lipinski definition) is 1. The second kappa shape index (κ2) is 8.14. The van der Waals surface area contributed by atoms with E-state index in [4.69, 9.17) is 34.8 Å². The third-order valence-electron chi connectivity index (χ3n) is 4.12. The Morgan fingerprint density at radius 3 is 2.28 bits per heavy atom. The fraction of sp³-hybridized carbons (Fsp3) is 0.353. The molecule has 2 heterocycles. The van der Waals surface area contributed by atoms with E-state index in [9.17, 15) is 4.79 Å². The zero-order valence-corrected chi connectivity index (χ0v) is 16.5. The molecule has 0 saturated carbocycles. The van der Waals surface area contributed by atoms with Gasteiger partial charge in [0.2, 0.25) is 3.79 Å². The van der Waals surface area contributed by atoms with Crippen LogP contribution in [0.5, 0.6) is 0 Å². The quantitative estimate of drug-likeness (QED) is 0.762. The van der Waals surface area contributed by atoms with Crippen molar-refractivity contribution in [3.8, 4) is 0 Å². The van der Waals surface area contributed by atoms with Gasteiger partial charge in [0.25, 0.3) is 5.91 Å². The van der Waals surface area contributed by atoms with Gasteiger partial charge in [-0.2, -0.15) is 0 Å². The number of piperazine rings is 1. The molecule has 0 aliphatic carbocycles. The van der Waals surface area contributed by atoms with Crippen LogP contribution in [-0.4, -0.2) is 46.9 Å². The van der Waals surface area contributed by atoms with Gasteiger partial charge in [-0.15, -0.1) is 11.3 Å². The van der Waals surface area contributed by atoms with Crippen molar-refractivity contribution in [1.29, 1.82) is 0 Å². The number of para-hydroxylation sites is 1. The first-order chi connectivity index (χ1) is 11.9. The van der Waals surface area contributed by atoms with Gasteiger partial charge in [0, 0.05) is 31.9 Å².